The number of halogens is 2. The summed E-state index contributed by atoms with van der Waals surface area (Å²) in [5, 5.41) is 5.49. The standard InChI is InChI=1S/C15H15F2N3O/c16-12-3-4-14(13(17)8-12)19-7-5-15(21)20-10-11-2-1-6-18-9-11/h1-4,6,8-9,19H,5,7,10H2,(H,20,21). The molecule has 0 spiro atoms. The molecule has 1 aromatic heterocycles. The van der Waals surface area contributed by atoms with Gasteiger partial charge in [0.1, 0.15) is 11.6 Å². The smallest absolute Gasteiger partial charge is 0.222 e. The van der Waals surface area contributed by atoms with Crippen LogP contribution in [0.4, 0.5) is 14.5 Å². The van der Waals surface area contributed by atoms with Crippen LogP contribution in [-0.4, -0.2) is 17.4 Å². The second kappa shape index (κ2) is 7.33. The molecule has 0 saturated heterocycles. The molecule has 0 aliphatic carbocycles. The second-order valence-corrected chi connectivity index (χ2v) is 4.44. The zero-order valence-corrected chi connectivity index (χ0v) is 11.3. The SMILES string of the molecule is O=C(CCNc1ccc(F)cc1F)NCc1cccnc1. The minimum atomic E-state index is -0.675. The fourth-order valence-corrected chi connectivity index (χ4v) is 1.74. The van der Waals surface area contributed by atoms with E-state index in [0.717, 1.165) is 17.7 Å². The van der Waals surface area contributed by atoms with Crippen LogP contribution in [0.25, 0.3) is 0 Å². The molecule has 0 radical (unpaired) electrons. The van der Waals surface area contributed by atoms with Gasteiger partial charge in [-0.05, 0) is 23.8 Å². The highest BCUT2D eigenvalue weighted by molar-refractivity contribution is 5.76. The number of hydrogen-bond donors (Lipinski definition) is 2. The Bertz CT molecular complexity index is 605. The Balaban J connectivity index is 1.72. The molecule has 1 heterocycles. The topological polar surface area (TPSA) is 54.0 Å². The zero-order valence-electron chi connectivity index (χ0n) is 11.3. The number of pyridine rings is 1. The molecule has 0 fully saturated rings. The number of aromatic nitrogens is 1. The number of benzene rings is 1. The molecule has 0 aliphatic rings. The number of carbonyl (C=O) groups is 1. The van der Waals surface area contributed by atoms with Crippen LogP contribution in [0.3, 0.4) is 0 Å². The van der Waals surface area contributed by atoms with E-state index in [-0.39, 0.29) is 24.6 Å². The van der Waals surface area contributed by atoms with Gasteiger partial charge in [0, 0.05) is 38.0 Å². The molecule has 2 N–H and O–H groups in total. The summed E-state index contributed by atoms with van der Waals surface area (Å²) in [4.78, 5) is 15.6. The highest BCUT2D eigenvalue weighted by Gasteiger charge is 2.05. The van der Waals surface area contributed by atoms with Crippen LogP contribution < -0.4 is 10.6 Å². The molecule has 0 saturated carbocycles. The minimum absolute atomic E-state index is 0.158. The van der Waals surface area contributed by atoms with Crippen molar-refractivity contribution in [2.24, 2.45) is 0 Å². The molecular weight excluding hydrogens is 276 g/mol. The van der Waals surface area contributed by atoms with Gasteiger partial charge < -0.3 is 10.6 Å². The first kappa shape index (κ1) is 14.9. The number of nitrogens with zero attached hydrogens (tertiary/aromatic N) is 1. The summed E-state index contributed by atoms with van der Waals surface area (Å²) >= 11 is 0. The molecule has 2 aromatic rings. The maximum atomic E-state index is 13.3. The van der Waals surface area contributed by atoms with Crippen molar-refractivity contribution in [1.82, 2.24) is 10.3 Å². The summed E-state index contributed by atoms with van der Waals surface area (Å²) in [6.45, 7) is 0.666. The predicted octanol–water partition coefficient (Wildman–Crippen LogP) is 2.48. The van der Waals surface area contributed by atoms with Crippen molar-refractivity contribution in [3.8, 4) is 0 Å². The molecular formula is C15H15F2N3O. The van der Waals surface area contributed by atoms with Gasteiger partial charge in [-0.2, -0.15) is 0 Å². The van der Waals surface area contributed by atoms with E-state index in [2.05, 4.69) is 15.6 Å². The van der Waals surface area contributed by atoms with E-state index in [1.165, 1.54) is 6.07 Å². The van der Waals surface area contributed by atoms with Crippen LogP contribution in [0.15, 0.2) is 42.7 Å². The molecule has 1 aromatic carbocycles. The van der Waals surface area contributed by atoms with Crippen molar-refractivity contribution in [2.75, 3.05) is 11.9 Å². The van der Waals surface area contributed by atoms with Gasteiger partial charge in [-0.15, -0.1) is 0 Å². The summed E-state index contributed by atoms with van der Waals surface area (Å²) < 4.78 is 26.1. The lowest BCUT2D eigenvalue weighted by molar-refractivity contribution is -0.121. The highest BCUT2D eigenvalue weighted by atomic mass is 19.1. The Morgan fingerprint density at radius 2 is 2.10 bits per heavy atom. The van der Waals surface area contributed by atoms with Gasteiger partial charge >= 0.3 is 0 Å². The Labute approximate surface area is 121 Å². The molecule has 0 atom stereocenters. The van der Waals surface area contributed by atoms with Crippen molar-refractivity contribution in [1.29, 1.82) is 0 Å². The maximum absolute atomic E-state index is 13.3. The molecule has 4 nitrogen and oxygen atoms in total. The van der Waals surface area contributed by atoms with E-state index in [9.17, 15) is 13.6 Å². The summed E-state index contributed by atoms with van der Waals surface area (Å²) in [6, 6.07) is 6.91. The number of amides is 1. The number of anilines is 1. The van der Waals surface area contributed by atoms with Crippen molar-refractivity contribution in [3.63, 3.8) is 0 Å². The van der Waals surface area contributed by atoms with Gasteiger partial charge in [0.05, 0.1) is 5.69 Å². The summed E-state index contributed by atoms with van der Waals surface area (Å²) in [7, 11) is 0. The Kier molecular flexibility index (Phi) is 5.20. The molecule has 0 bridgehead atoms. The van der Waals surface area contributed by atoms with Crippen LogP contribution in [0.1, 0.15) is 12.0 Å². The number of nitrogens with one attached hydrogen (secondary N) is 2. The molecule has 1 amide bonds. The monoisotopic (exact) mass is 291 g/mol. The molecule has 110 valence electrons. The van der Waals surface area contributed by atoms with E-state index in [0.29, 0.717) is 6.54 Å². The number of carbonyl (C=O) groups excluding carboxylic acids is 1. The van der Waals surface area contributed by atoms with Crippen LogP contribution >= 0.6 is 0 Å². The zero-order chi connectivity index (χ0) is 15.1. The molecule has 2 rings (SSSR count). The lowest BCUT2D eigenvalue weighted by atomic mass is 10.2. The largest absolute Gasteiger partial charge is 0.382 e. The van der Waals surface area contributed by atoms with Crippen LogP contribution in [0.5, 0.6) is 0 Å². The first-order valence-corrected chi connectivity index (χ1v) is 6.49. The second-order valence-electron chi connectivity index (χ2n) is 4.44. The molecule has 0 aliphatic heterocycles. The van der Waals surface area contributed by atoms with Crippen LogP contribution in [0, 0.1) is 11.6 Å². The molecule has 21 heavy (non-hydrogen) atoms. The lowest BCUT2D eigenvalue weighted by Crippen LogP contribution is -2.25. The van der Waals surface area contributed by atoms with Crippen molar-refractivity contribution in [2.45, 2.75) is 13.0 Å². The van der Waals surface area contributed by atoms with Crippen molar-refractivity contribution >= 4 is 11.6 Å². The molecule has 6 heteroatoms. The van der Waals surface area contributed by atoms with Gasteiger partial charge in [0.15, 0.2) is 0 Å². The van der Waals surface area contributed by atoms with Crippen LogP contribution in [-0.2, 0) is 11.3 Å². The average Bonchev–Trinajstić information content (AvgIpc) is 2.48. The Hall–Kier alpha value is -2.50. The molecule has 0 unspecified atom stereocenters. The van der Waals surface area contributed by atoms with E-state index < -0.39 is 11.6 Å². The Morgan fingerprint density at radius 3 is 2.81 bits per heavy atom. The van der Waals surface area contributed by atoms with Gasteiger partial charge in [-0.25, -0.2) is 8.78 Å². The summed E-state index contributed by atoms with van der Waals surface area (Å²) in [6.07, 6.45) is 3.52. The fourth-order valence-electron chi connectivity index (χ4n) is 1.74. The van der Waals surface area contributed by atoms with E-state index in [4.69, 9.17) is 0 Å². The first-order chi connectivity index (χ1) is 10.1. The predicted molar refractivity (Wildman–Crippen MR) is 75.5 cm³/mol. The average molecular weight is 291 g/mol. The lowest BCUT2D eigenvalue weighted by Gasteiger charge is -2.08. The van der Waals surface area contributed by atoms with Crippen molar-refractivity contribution in [3.05, 3.63) is 59.9 Å². The third-order valence-corrected chi connectivity index (χ3v) is 2.81. The van der Waals surface area contributed by atoms with E-state index in [1.54, 1.807) is 18.5 Å². The first-order valence-electron chi connectivity index (χ1n) is 6.49. The van der Waals surface area contributed by atoms with Gasteiger partial charge in [0.25, 0.3) is 0 Å². The van der Waals surface area contributed by atoms with Gasteiger partial charge in [-0.3, -0.25) is 9.78 Å². The Morgan fingerprint density at radius 1 is 1.24 bits per heavy atom. The number of hydrogen-bond acceptors (Lipinski definition) is 3. The summed E-state index contributed by atoms with van der Waals surface area (Å²) in [5.74, 6) is -1.47. The van der Waals surface area contributed by atoms with E-state index in [1.807, 2.05) is 6.07 Å². The highest BCUT2D eigenvalue weighted by Crippen LogP contribution is 2.14. The van der Waals surface area contributed by atoms with Gasteiger partial charge in [-0.1, -0.05) is 6.07 Å². The normalized spacial score (nSPS) is 10.2. The third kappa shape index (κ3) is 4.83. The minimum Gasteiger partial charge on any atom is -0.382 e. The van der Waals surface area contributed by atoms with Gasteiger partial charge in [0.2, 0.25) is 5.91 Å². The summed E-state index contributed by atoms with van der Waals surface area (Å²) in [5.41, 5.74) is 1.08. The maximum Gasteiger partial charge on any atom is 0.222 e. The number of rotatable bonds is 6. The quantitative estimate of drug-likeness (QED) is 0.859. The van der Waals surface area contributed by atoms with E-state index >= 15 is 0 Å². The third-order valence-electron chi connectivity index (χ3n) is 2.81. The van der Waals surface area contributed by atoms with Crippen molar-refractivity contribution < 1.29 is 13.6 Å². The van der Waals surface area contributed by atoms with Crippen LogP contribution in [0.2, 0.25) is 0 Å². The fraction of sp³-hybridized carbons (Fsp3) is 0.200.